The van der Waals surface area contributed by atoms with E-state index in [0.717, 1.165) is 12.8 Å². The minimum Gasteiger partial charge on any atom is -0.467 e. The summed E-state index contributed by atoms with van der Waals surface area (Å²) >= 11 is 0. The van der Waals surface area contributed by atoms with Gasteiger partial charge in [0.15, 0.2) is 12.4 Å². The lowest BCUT2D eigenvalue weighted by Gasteiger charge is -2.19. The number of alkyl carbamates (subject to hydrolysis) is 1. The molecule has 0 spiro atoms. The summed E-state index contributed by atoms with van der Waals surface area (Å²) in [6.07, 6.45) is -2.04. The van der Waals surface area contributed by atoms with Crippen LogP contribution in [0.15, 0.2) is 24.5 Å². The van der Waals surface area contributed by atoms with Gasteiger partial charge in [-0.25, -0.2) is 14.2 Å². The highest BCUT2D eigenvalue weighted by Gasteiger charge is 2.43. The highest BCUT2D eigenvalue weighted by atomic mass is 19.4. The van der Waals surface area contributed by atoms with Crippen LogP contribution in [0.25, 0.3) is 5.65 Å². The van der Waals surface area contributed by atoms with Gasteiger partial charge in [-0.3, -0.25) is 9.50 Å². The van der Waals surface area contributed by atoms with E-state index < -0.39 is 37.1 Å². The molecular weight excluding hydrogens is 474 g/mol. The number of carbonyl (C=O) groups is 1. The third-order valence-electron chi connectivity index (χ3n) is 6.14. The van der Waals surface area contributed by atoms with Crippen molar-refractivity contribution >= 4 is 23.5 Å². The summed E-state index contributed by atoms with van der Waals surface area (Å²) in [6.45, 7) is 0.445. The van der Waals surface area contributed by atoms with E-state index in [9.17, 15) is 18.0 Å². The predicted molar refractivity (Wildman–Crippen MR) is 114 cm³/mol. The first-order valence-electron chi connectivity index (χ1n) is 11.1. The zero-order chi connectivity index (χ0) is 24.8. The van der Waals surface area contributed by atoms with Crippen LogP contribution in [0.5, 0.6) is 5.88 Å². The molecule has 1 amide bonds. The van der Waals surface area contributed by atoms with Crippen LogP contribution in [0.2, 0.25) is 0 Å². The lowest BCUT2D eigenvalue weighted by Crippen LogP contribution is -2.38. The molecule has 0 aromatic carbocycles. The average Bonchev–Trinajstić information content (AvgIpc) is 3.14. The van der Waals surface area contributed by atoms with Gasteiger partial charge in [0.25, 0.3) is 0 Å². The van der Waals surface area contributed by atoms with Gasteiger partial charge in [0.2, 0.25) is 11.8 Å². The third-order valence-corrected chi connectivity index (χ3v) is 6.14. The van der Waals surface area contributed by atoms with Gasteiger partial charge in [-0.05, 0) is 38.7 Å². The molecule has 3 aromatic rings. The maximum absolute atomic E-state index is 15.1. The van der Waals surface area contributed by atoms with Gasteiger partial charge >= 0.3 is 12.3 Å². The van der Waals surface area contributed by atoms with Gasteiger partial charge < -0.3 is 20.1 Å². The molecule has 10 nitrogen and oxygen atoms in total. The van der Waals surface area contributed by atoms with Crippen LogP contribution in [0.1, 0.15) is 44.2 Å². The smallest absolute Gasteiger partial charge is 0.422 e. The number of hydrogen-bond acceptors (Lipinski definition) is 7. The SMILES string of the molecule is CC1(NC(=O)O[C@@H]2CC[C@H](c3cc(Nc4nccc5nc(OCC(F)(F)F)cn45)n[nH]3)[C@H]2F)CC1. The molecule has 14 heteroatoms. The summed E-state index contributed by atoms with van der Waals surface area (Å²) in [4.78, 5) is 20.2. The number of aromatic amines is 1. The van der Waals surface area contributed by atoms with Crippen LogP contribution in [-0.4, -0.2) is 61.3 Å². The van der Waals surface area contributed by atoms with Crippen molar-refractivity contribution in [2.45, 2.75) is 62.5 Å². The van der Waals surface area contributed by atoms with E-state index in [2.05, 4.69) is 30.8 Å². The Bertz CT molecular complexity index is 1220. The first-order valence-corrected chi connectivity index (χ1v) is 11.1. The Morgan fingerprint density at radius 1 is 1.34 bits per heavy atom. The predicted octanol–water partition coefficient (Wildman–Crippen LogP) is 4.00. The number of amides is 1. The Balaban J connectivity index is 1.24. The highest BCUT2D eigenvalue weighted by molar-refractivity contribution is 5.69. The van der Waals surface area contributed by atoms with E-state index in [0.29, 0.717) is 30.0 Å². The fraction of sp³-hybridized carbons (Fsp3) is 0.524. The number of halogens is 4. The molecule has 0 radical (unpaired) electrons. The molecule has 3 N–H and O–H groups in total. The first kappa shape index (κ1) is 23.2. The van der Waals surface area contributed by atoms with Gasteiger partial charge in [0, 0.05) is 29.4 Å². The van der Waals surface area contributed by atoms with E-state index in [1.54, 1.807) is 6.07 Å². The number of H-pyrrole nitrogens is 1. The highest BCUT2D eigenvalue weighted by Crippen LogP contribution is 2.39. The summed E-state index contributed by atoms with van der Waals surface area (Å²) in [5, 5.41) is 12.6. The monoisotopic (exact) mass is 497 g/mol. The Hall–Kier alpha value is -3.58. The van der Waals surface area contributed by atoms with Gasteiger partial charge in [0.05, 0.1) is 6.20 Å². The van der Waals surface area contributed by atoms with Crippen molar-refractivity contribution in [2.75, 3.05) is 11.9 Å². The average molecular weight is 497 g/mol. The number of anilines is 2. The van der Waals surface area contributed by atoms with Crippen molar-refractivity contribution in [1.29, 1.82) is 0 Å². The summed E-state index contributed by atoms with van der Waals surface area (Å²) in [5.74, 6) is -0.197. The molecule has 35 heavy (non-hydrogen) atoms. The standard InChI is InChI=1S/C21H23F4N7O3/c1-20(5-6-20)29-19(33)35-13-3-2-11(17(13)22)12-8-14(31-30-12)27-18-26-7-4-15-28-16(9-32(15)18)34-10-21(23,24)25/h4,7-9,11,13,17H,2-3,5-6,10H2,1H3,(H,29,33)(H2,26,27,30,31)/t11-,13-,17-/m1/s1. The minimum absolute atomic E-state index is 0.210. The van der Waals surface area contributed by atoms with Crippen molar-refractivity contribution in [2.24, 2.45) is 0 Å². The fourth-order valence-electron chi connectivity index (χ4n) is 4.02. The molecule has 2 aliphatic carbocycles. The second kappa shape index (κ2) is 8.57. The lowest BCUT2D eigenvalue weighted by atomic mass is 10.0. The number of aromatic nitrogens is 5. The Kier molecular flexibility index (Phi) is 5.68. The van der Waals surface area contributed by atoms with Crippen LogP contribution in [-0.2, 0) is 4.74 Å². The molecule has 0 saturated heterocycles. The molecule has 0 unspecified atom stereocenters. The van der Waals surface area contributed by atoms with Crippen molar-refractivity contribution < 1.29 is 31.8 Å². The maximum Gasteiger partial charge on any atom is 0.422 e. The van der Waals surface area contributed by atoms with Gasteiger partial charge in [0.1, 0.15) is 17.9 Å². The van der Waals surface area contributed by atoms with Crippen LogP contribution in [0, 0.1) is 0 Å². The maximum atomic E-state index is 15.1. The largest absolute Gasteiger partial charge is 0.467 e. The van der Waals surface area contributed by atoms with Crippen LogP contribution in [0.3, 0.4) is 0 Å². The molecule has 2 aliphatic rings. The van der Waals surface area contributed by atoms with E-state index in [4.69, 9.17) is 9.47 Å². The Morgan fingerprint density at radius 2 is 2.14 bits per heavy atom. The number of hydrogen-bond donors (Lipinski definition) is 3. The van der Waals surface area contributed by atoms with Gasteiger partial charge in [-0.15, -0.1) is 0 Å². The van der Waals surface area contributed by atoms with Crippen LogP contribution in [0.4, 0.5) is 34.1 Å². The van der Waals surface area contributed by atoms with E-state index in [1.165, 1.54) is 22.9 Å². The normalized spacial score (nSPS) is 23.3. The number of nitrogens with one attached hydrogen (secondary N) is 3. The Morgan fingerprint density at radius 3 is 2.89 bits per heavy atom. The second-order valence-electron chi connectivity index (χ2n) is 9.07. The number of nitrogens with zero attached hydrogens (tertiary/aromatic N) is 4. The second-order valence-corrected chi connectivity index (χ2v) is 9.07. The number of fused-ring (bicyclic) bond motifs is 1. The summed E-state index contributed by atoms with van der Waals surface area (Å²) in [6, 6.07) is 3.12. The number of ether oxygens (including phenoxy) is 2. The quantitative estimate of drug-likeness (QED) is 0.422. The molecule has 5 rings (SSSR count). The van der Waals surface area contributed by atoms with Crippen molar-refractivity contribution in [3.8, 4) is 5.88 Å². The topological polar surface area (TPSA) is 118 Å². The minimum atomic E-state index is -4.49. The molecule has 2 saturated carbocycles. The summed E-state index contributed by atoms with van der Waals surface area (Å²) in [5.41, 5.74) is 0.586. The summed E-state index contributed by atoms with van der Waals surface area (Å²) < 4.78 is 63.8. The van der Waals surface area contributed by atoms with Gasteiger partial charge in [-0.2, -0.15) is 23.3 Å². The molecule has 3 aromatic heterocycles. The third kappa shape index (κ3) is 5.25. The Labute approximate surface area is 196 Å². The van der Waals surface area contributed by atoms with Crippen LogP contribution < -0.4 is 15.4 Å². The lowest BCUT2D eigenvalue weighted by molar-refractivity contribution is -0.154. The first-order chi connectivity index (χ1) is 16.6. The molecular formula is C21H23F4N7O3. The molecule has 3 atom stereocenters. The van der Waals surface area contributed by atoms with Gasteiger partial charge in [-0.1, -0.05) is 0 Å². The van der Waals surface area contributed by atoms with E-state index >= 15 is 4.39 Å². The number of rotatable bonds is 7. The van der Waals surface area contributed by atoms with Crippen molar-refractivity contribution in [3.63, 3.8) is 0 Å². The zero-order valence-electron chi connectivity index (χ0n) is 18.6. The fourth-order valence-corrected chi connectivity index (χ4v) is 4.02. The number of imidazole rings is 1. The number of carbonyl (C=O) groups excluding carboxylic acids is 1. The molecule has 2 fully saturated rings. The molecule has 3 heterocycles. The van der Waals surface area contributed by atoms with Crippen molar-refractivity contribution in [3.05, 3.63) is 30.2 Å². The molecule has 0 bridgehead atoms. The van der Waals surface area contributed by atoms with Crippen LogP contribution >= 0.6 is 0 Å². The molecule has 0 aliphatic heterocycles. The zero-order valence-corrected chi connectivity index (χ0v) is 18.6. The van der Waals surface area contributed by atoms with E-state index in [1.807, 2.05) is 6.92 Å². The molecule has 188 valence electrons. The summed E-state index contributed by atoms with van der Waals surface area (Å²) in [7, 11) is 0. The number of alkyl halides is 4. The van der Waals surface area contributed by atoms with E-state index in [-0.39, 0.29) is 17.4 Å². The van der Waals surface area contributed by atoms with Crippen molar-refractivity contribution in [1.82, 2.24) is 29.9 Å².